The van der Waals surface area contributed by atoms with Crippen molar-refractivity contribution >= 4 is 40.4 Å². The molecule has 0 spiro atoms. The second kappa shape index (κ2) is 7.93. The van der Waals surface area contributed by atoms with Crippen LogP contribution >= 0.6 is 11.6 Å². The van der Waals surface area contributed by atoms with Crippen molar-refractivity contribution < 1.29 is 0 Å². The van der Waals surface area contributed by atoms with Gasteiger partial charge in [-0.05, 0) is 44.2 Å². The van der Waals surface area contributed by atoms with E-state index in [0.29, 0.717) is 39.5 Å². The number of hydrogen-bond donors (Lipinski definition) is 2. The first-order chi connectivity index (χ1) is 15.2. The molecule has 156 valence electrons. The molecule has 2 fully saturated rings. The third kappa shape index (κ3) is 3.80. The number of halogens is 1. The second-order valence-corrected chi connectivity index (χ2v) is 8.21. The van der Waals surface area contributed by atoms with Crippen LogP contribution < -0.4 is 15.5 Å². The summed E-state index contributed by atoms with van der Waals surface area (Å²) in [6.45, 7) is 1.82. The topological polar surface area (TPSA) is 118 Å². The van der Waals surface area contributed by atoms with E-state index >= 15 is 0 Å². The van der Waals surface area contributed by atoms with E-state index in [-0.39, 0.29) is 5.95 Å². The van der Waals surface area contributed by atoms with Gasteiger partial charge in [0.25, 0.3) is 0 Å². The van der Waals surface area contributed by atoms with Crippen molar-refractivity contribution in [2.75, 3.05) is 28.6 Å². The highest BCUT2D eigenvalue weighted by Gasteiger charge is 2.24. The molecule has 10 heteroatoms. The van der Waals surface area contributed by atoms with Crippen LogP contribution in [0.4, 0.5) is 23.1 Å². The summed E-state index contributed by atoms with van der Waals surface area (Å²) < 4.78 is 1.47. The van der Waals surface area contributed by atoms with Gasteiger partial charge in [-0.15, -0.1) is 5.10 Å². The van der Waals surface area contributed by atoms with Crippen molar-refractivity contribution in [3.05, 3.63) is 34.6 Å². The lowest BCUT2D eigenvalue weighted by atomic mass is 10.1. The first kappa shape index (κ1) is 19.4. The molecule has 2 aliphatic rings. The van der Waals surface area contributed by atoms with Gasteiger partial charge in [0, 0.05) is 19.1 Å². The third-order valence-electron chi connectivity index (χ3n) is 5.52. The molecule has 2 N–H and O–H groups in total. The lowest BCUT2D eigenvalue weighted by molar-refractivity contribution is 0.578. The summed E-state index contributed by atoms with van der Waals surface area (Å²) in [5, 5.41) is 30.4. The van der Waals surface area contributed by atoms with Crippen LogP contribution in [0.25, 0.3) is 5.65 Å². The highest BCUT2D eigenvalue weighted by atomic mass is 35.5. The van der Waals surface area contributed by atoms with Crippen molar-refractivity contribution in [1.29, 1.82) is 10.5 Å². The zero-order valence-corrected chi connectivity index (χ0v) is 17.5. The highest BCUT2D eigenvalue weighted by molar-refractivity contribution is 6.36. The molecule has 0 radical (unpaired) electrons. The Hall–Kier alpha value is -3.56. The number of nitrogens with zero attached hydrogens (tertiary/aromatic N) is 7. The smallest absolute Gasteiger partial charge is 0.247 e. The number of piperidine rings is 1. The summed E-state index contributed by atoms with van der Waals surface area (Å²) in [5.41, 5.74) is 2.70. The average Bonchev–Trinajstić information content (AvgIpc) is 3.51. The molecule has 3 heterocycles. The zero-order valence-electron chi connectivity index (χ0n) is 16.8. The largest absolute Gasteiger partial charge is 0.370 e. The molecule has 0 unspecified atom stereocenters. The number of hydrogen-bond acceptors (Lipinski definition) is 8. The maximum atomic E-state index is 9.54. The molecule has 1 aromatic carbocycles. The first-order valence-corrected chi connectivity index (χ1v) is 10.7. The van der Waals surface area contributed by atoms with E-state index in [4.69, 9.17) is 11.6 Å². The Morgan fingerprint density at radius 2 is 1.90 bits per heavy atom. The van der Waals surface area contributed by atoms with Crippen molar-refractivity contribution in [1.82, 2.24) is 19.6 Å². The molecule has 31 heavy (non-hydrogen) atoms. The number of fused-ring (bicyclic) bond motifs is 1. The molecule has 3 aromatic rings. The van der Waals surface area contributed by atoms with Crippen LogP contribution in [-0.2, 0) is 0 Å². The normalized spacial score (nSPS) is 16.0. The summed E-state index contributed by atoms with van der Waals surface area (Å²) >= 11 is 6.75. The van der Waals surface area contributed by atoms with Gasteiger partial charge in [0.05, 0.1) is 34.2 Å². The molecule has 2 aromatic heterocycles. The quantitative estimate of drug-likeness (QED) is 0.623. The second-order valence-electron chi connectivity index (χ2n) is 7.83. The van der Waals surface area contributed by atoms with Crippen molar-refractivity contribution in [2.24, 2.45) is 0 Å². The van der Waals surface area contributed by atoms with Crippen LogP contribution in [0.5, 0.6) is 0 Å². The van der Waals surface area contributed by atoms with Gasteiger partial charge in [0.15, 0.2) is 17.2 Å². The minimum absolute atomic E-state index is 0.270. The van der Waals surface area contributed by atoms with E-state index in [2.05, 4.69) is 42.7 Å². The molecule has 9 nitrogen and oxygen atoms in total. The molecule has 5 rings (SSSR count). The summed E-state index contributed by atoms with van der Waals surface area (Å²) in [6, 6.07) is 8.18. The Bertz CT molecular complexity index is 1230. The lowest BCUT2D eigenvalue weighted by Crippen LogP contribution is -2.29. The van der Waals surface area contributed by atoms with Crippen LogP contribution in [0.15, 0.2) is 18.3 Å². The molecule has 1 aliphatic heterocycles. The van der Waals surface area contributed by atoms with Gasteiger partial charge in [-0.3, -0.25) is 0 Å². The summed E-state index contributed by atoms with van der Waals surface area (Å²) in [7, 11) is 0. The van der Waals surface area contributed by atoms with E-state index in [1.807, 2.05) is 6.07 Å². The molecule has 0 atom stereocenters. The monoisotopic (exact) mass is 433 g/mol. The van der Waals surface area contributed by atoms with Gasteiger partial charge in [-0.1, -0.05) is 11.6 Å². The Labute approximate surface area is 184 Å². The minimum atomic E-state index is 0.270. The van der Waals surface area contributed by atoms with Gasteiger partial charge in [0.2, 0.25) is 5.95 Å². The van der Waals surface area contributed by atoms with Crippen LogP contribution in [0.3, 0.4) is 0 Å². The number of nitriles is 2. The van der Waals surface area contributed by atoms with E-state index in [0.717, 1.165) is 44.5 Å². The fourth-order valence-electron chi connectivity index (χ4n) is 3.78. The van der Waals surface area contributed by atoms with E-state index in [1.165, 1.54) is 17.1 Å². The molecular formula is C21H20ClN9. The summed E-state index contributed by atoms with van der Waals surface area (Å²) in [5.74, 6) is 0.831. The van der Waals surface area contributed by atoms with Gasteiger partial charge in [0.1, 0.15) is 6.07 Å². The molecule has 0 amide bonds. The van der Waals surface area contributed by atoms with Gasteiger partial charge in [-0.2, -0.15) is 20.0 Å². The van der Waals surface area contributed by atoms with Crippen LogP contribution in [-0.4, -0.2) is 38.7 Å². The Morgan fingerprint density at radius 3 is 2.61 bits per heavy atom. The third-order valence-corrected chi connectivity index (χ3v) is 5.92. The van der Waals surface area contributed by atoms with E-state index in [1.54, 1.807) is 6.07 Å². The standard InChI is InChI=1S/C21H20ClN9/c22-18-16(8-13(10-23)9-17(18)30-6-2-1-3-7-30)27-21-28-19(26-14-4-5-14)20-25-12-15(11-24)31(20)29-21/h8-9,12,14H,1-7H2,(H2,26,27,28,29). The van der Waals surface area contributed by atoms with Crippen molar-refractivity contribution in [3.63, 3.8) is 0 Å². The SMILES string of the molecule is N#Cc1cc(Nc2nc(NC3CC3)c3ncc(C#N)n3n2)c(Cl)c(N2CCCCC2)c1. The number of nitrogens with one attached hydrogen (secondary N) is 2. The predicted molar refractivity (Wildman–Crippen MR) is 118 cm³/mol. The van der Waals surface area contributed by atoms with Crippen LogP contribution in [0.1, 0.15) is 43.4 Å². The molecule has 1 saturated carbocycles. The summed E-state index contributed by atoms with van der Waals surface area (Å²) in [6.07, 6.45) is 7.02. The molecule has 1 aliphatic carbocycles. The number of imidazole rings is 1. The predicted octanol–water partition coefficient (Wildman–Crippen LogP) is 3.83. The average molecular weight is 434 g/mol. The maximum absolute atomic E-state index is 9.54. The Balaban J connectivity index is 1.56. The van der Waals surface area contributed by atoms with Crippen molar-refractivity contribution in [3.8, 4) is 12.1 Å². The van der Waals surface area contributed by atoms with Crippen LogP contribution in [0, 0.1) is 22.7 Å². The number of anilines is 4. The maximum Gasteiger partial charge on any atom is 0.247 e. The number of rotatable bonds is 5. The fourth-order valence-corrected chi connectivity index (χ4v) is 4.05. The van der Waals surface area contributed by atoms with Crippen molar-refractivity contribution in [2.45, 2.75) is 38.1 Å². The van der Waals surface area contributed by atoms with Gasteiger partial charge >= 0.3 is 0 Å². The lowest BCUT2D eigenvalue weighted by Gasteiger charge is -2.30. The van der Waals surface area contributed by atoms with Gasteiger partial charge in [-0.25, -0.2) is 4.98 Å². The molecule has 0 bridgehead atoms. The highest BCUT2D eigenvalue weighted by Crippen LogP contribution is 2.37. The van der Waals surface area contributed by atoms with Crippen LogP contribution in [0.2, 0.25) is 5.02 Å². The van der Waals surface area contributed by atoms with E-state index < -0.39 is 0 Å². The number of benzene rings is 1. The molecule has 1 saturated heterocycles. The Kier molecular flexibility index (Phi) is 4.97. The fraction of sp³-hybridized carbons (Fsp3) is 0.381. The summed E-state index contributed by atoms with van der Waals surface area (Å²) in [4.78, 5) is 11.1. The molecular weight excluding hydrogens is 414 g/mol. The zero-order chi connectivity index (χ0) is 21.4. The Morgan fingerprint density at radius 1 is 1.10 bits per heavy atom. The first-order valence-electron chi connectivity index (χ1n) is 10.3. The number of aromatic nitrogens is 4. The van der Waals surface area contributed by atoms with E-state index in [9.17, 15) is 10.5 Å². The van der Waals surface area contributed by atoms with Gasteiger partial charge < -0.3 is 15.5 Å². The minimum Gasteiger partial charge on any atom is -0.370 e.